The number of likely N-dealkylation sites (tertiary alicyclic amines) is 2. The van der Waals surface area contributed by atoms with Gasteiger partial charge in [0.25, 0.3) is 0 Å². The second kappa shape index (κ2) is 15.5. The average molecular weight is 725 g/mol. The molecular formula is C38H44BrF2N3O4. The van der Waals surface area contributed by atoms with E-state index in [4.69, 9.17) is 9.47 Å². The number of fused-ring (bicyclic) bond motifs is 1. The number of nitrogens with zero attached hydrogens (tertiary/aromatic N) is 3. The van der Waals surface area contributed by atoms with Gasteiger partial charge in [-0.1, -0.05) is 48.0 Å². The summed E-state index contributed by atoms with van der Waals surface area (Å²) in [7, 11) is 0. The van der Waals surface area contributed by atoms with Crippen molar-refractivity contribution in [2.75, 3.05) is 19.6 Å². The van der Waals surface area contributed by atoms with Gasteiger partial charge >= 0.3 is 12.2 Å². The van der Waals surface area contributed by atoms with Gasteiger partial charge in [0.2, 0.25) is 0 Å². The van der Waals surface area contributed by atoms with E-state index < -0.39 is 5.60 Å². The van der Waals surface area contributed by atoms with Crippen molar-refractivity contribution >= 4 is 39.0 Å². The maximum atomic E-state index is 14.5. The van der Waals surface area contributed by atoms with E-state index in [9.17, 15) is 18.4 Å². The van der Waals surface area contributed by atoms with Crippen LogP contribution in [0.15, 0.2) is 77.4 Å². The lowest BCUT2D eigenvalue weighted by Gasteiger charge is -2.34. The Hall–Kier alpha value is -3.92. The summed E-state index contributed by atoms with van der Waals surface area (Å²) in [5.41, 5.74) is 3.40. The molecule has 2 aliphatic heterocycles. The molecule has 2 amide bonds. The summed E-state index contributed by atoms with van der Waals surface area (Å²) < 4.78 is 40.9. The molecule has 0 aliphatic carbocycles. The van der Waals surface area contributed by atoms with Gasteiger partial charge in [-0.2, -0.15) is 0 Å². The number of piperidine rings is 1. The minimum absolute atomic E-state index is 0.00214. The van der Waals surface area contributed by atoms with Crippen molar-refractivity contribution in [3.05, 3.63) is 106 Å². The molecule has 6 rings (SSSR count). The van der Waals surface area contributed by atoms with Crippen LogP contribution in [0.4, 0.5) is 18.4 Å². The number of carbonyl (C=O) groups excluding carboxylic acids is 2. The molecule has 1 aromatic heterocycles. The fourth-order valence-corrected chi connectivity index (χ4v) is 7.22. The average Bonchev–Trinajstić information content (AvgIpc) is 3.63. The molecule has 3 heterocycles. The number of ether oxygens (including phenoxy) is 2. The number of rotatable bonds is 5. The zero-order chi connectivity index (χ0) is 34.4. The highest BCUT2D eigenvalue weighted by atomic mass is 79.9. The zero-order valence-electron chi connectivity index (χ0n) is 28.1. The van der Waals surface area contributed by atoms with Crippen LogP contribution in [-0.2, 0) is 22.5 Å². The Balaban J connectivity index is 0.000000494. The SMILES string of the molecule is CC(C)(C)OC(=O)N1CCC(n2c(Br)c(C[C@@H]3CCCN3C(=O)OCc3ccccc3)c3ccc(F)cc32)CC1.Cc1ccc(F)cc1. The maximum Gasteiger partial charge on any atom is 0.410 e. The Morgan fingerprint density at radius 1 is 0.875 bits per heavy atom. The van der Waals surface area contributed by atoms with Crippen LogP contribution in [0.3, 0.4) is 0 Å². The quantitative estimate of drug-likeness (QED) is 0.206. The van der Waals surface area contributed by atoms with Gasteiger partial charge < -0.3 is 23.8 Å². The summed E-state index contributed by atoms with van der Waals surface area (Å²) in [6.07, 6.45) is 3.32. The molecular weight excluding hydrogens is 680 g/mol. The van der Waals surface area contributed by atoms with Crippen LogP contribution >= 0.6 is 15.9 Å². The maximum absolute atomic E-state index is 14.5. The fourth-order valence-electron chi connectivity index (χ4n) is 6.37. The Labute approximate surface area is 289 Å². The third-order valence-electron chi connectivity index (χ3n) is 8.75. The molecule has 256 valence electrons. The minimum atomic E-state index is -0.540. The second-order valence-electron chi connectivity index (χ2n) is 13.5. The van der Waals surface area contributed by atoms with E-state index in [1.807, 2.05) is 69.0 Å². The van der Waals surface area contributed by atoms with Crippen molar-refractivity contribution in [1.82, 2.24) is 14.4 Å². The molecule has 1 atom stereocenters. The molecule has 4 aromatic rings. The molecule has 3 aromatic carbocycles. The van der Waals surface area contributed by atoms with Gasteiger partial charge in [0.15, 0.2) is 0 Å². The standard InChI is InChI=1S/C31H37BrFN3O4.C7H7F/c1-31(2,3)40-29(37)34-16-13-23(14-17-34)36-27-18-22(33)11-12-25(27)26(28(36)32)19-24-10-7-15-35(24)30(38)39-20-21-8-5-4-6-9-21;1-6-2-4-7(8)5-3-6/h4-6,8-9,11-12,18,23-24H,7,10,13-17,19-20H2,1-3H3;2-5H,1H3/t24-;/m0./s1. The van der Waals surface area contributed by atoms with Gasteiger partial charge in [-0.15, -0.1) is 0 Å². The smallest absolute Gasteiger partial charge is 0.410 e. The van der Waals surface area contributed by atoms with Crippen molar-refractivity contribution in [3.8, 4) is 0 Å². The Bertz CT molecular complexity index is 1680. The predicted molar refractivity (Wildman–Crippen MR) is 187 cm³/mol. The van der Waals surface area contributed by atoms with Gasteiger partial charge in [-0.05, 0) is 117 Å². The van der Waals surface area contributed by atoms with Crippen molar-refractivity contribution in [3.63, 3.8) is 0 Å². The number of amides is 2. The fraction of sp³-hybridized carbons (Fsp3) is 0.421. The van der Waals surface area contributed by atoms with E-state index in [0.717, 1.165) is 57.9 Å². The predicted octanol–water partition coefficient (Wildman–Crippen LogP) is 9.59. The van der Waals surface area contributed by atoms with Gasteiger partial charge in [0.05, 0.1) is 10.1 Å². The normalized spacial score (nSPS) is 16.9. The van der Waals surface area contributed by atoms with Crippen LogP contribution in [-0.4, -0.2) is 57.8 Å². The highest BCUT2D eigenvalue weighted by molar-refractivity contribution is 9.10. The molecule has 2 fully saturated rings. The van der Waals surface area contributed by atoms with Crippen molar-refractivity contribution < 1.29 is 27.8 Å². The Kier molecular flexibility index (Phi) is 11.5. The first-order chi connectivity index (χ1) is 22.9. The lowest BCUT2D eigenvalue weighted by molar-refractivity contribution is 0.0189. The van der Waals surface area contributed by atoms with Gasteiger partial charge in [0.1, 0.15) is 23.8 Å². The van der Waals surface area contributed by atoms with E-state index in [1.165, 1.54) is 18.2 Å². The monoisotopic (exact) mass is 723 g/mol. The molecule has 2 aliphatic rings. The van der Waals surface area contributed by atoms with E-state index in [0.29, 0.717) is 26.1 Å². The molecule has 0 unspecified atom stereocenters. The van der Waals surface area contributed by atoms with E-state index in [-0.39, 0.29) is 42.5 Å². The lowest BCUT2D eigenvalue weighted by Crippen LogP contribution is -2.42. The van der Waals surface area contributed by atoms with E-state index in [2.05, 4.69) is 20.5 Å². The second-order valence-corrected chi connectivity index (χ2v) is 14.3. The molecule has 0 saturated carbocycles. The molecule has 0 N–H and O–H groups in total. The number of aryl methyl sites for hydroxylation is 1. The summed E-state index contributed by atoms with van der Waals surface area (Å²) in [4.78, 5) is 29.2. The largest absolute Gasteiger partial charge is 0.445 e. The number of halogens is 3. The highest BCUT2D eigenvalue weighted by Gasteiger charge is 2.34. The van der Waals surface area contributed by atoms with Crippen molar-refractivity contribution in [2.45, 2.75) is 84.1 Å². The zero-order valence-corrected chi connectivity index (χ0v) is 29.6. The third kappa shape index (κ3) is 8.95. The molecule has 48 heavy (non-hydrogen) atoms. The van der Waals surface area contributed by atoms with Crippen LogP contribution in [0, 0.1) is 18.6 Å². The van der Waals surface area contributed by atoms with E-state index >= 15 is 0 Å². The van der Waals surface area contributed by atoms with Crippen molar-refractivity contribution in [2.24, 2.45) is 0 Å². The first-order valence-electron chi connectivity index (χ1n) is 16.5. The number of carbonyl (C=O) groups is 2. The van der Waals surface area contributed by atoms with Gasteiger partial charge in [-0.3, -0.25) is 0 Å². The summed E-state index contributed by atoms with van der Waals surface area (Å²) in [6.45, 7) is 9.57. The van der Waals surface area contributed by atoms with Crippen molar-refractivity contribution in [1.29, 1.82) is 0 Å². The lowest BCUT2D eigenvalue weighted by atomic mass is 10.0. The van der Waals surface area contributed by atoms with Crippen LogP contribution in [0.25, 0.3) is 10.9 Å². The van der Waals surface area contributed by atoms with Gasteiger partial charge in [-0.25, -0.2) is 18.4 Å². The first kappa shape index (κ1) is 35.4. The minimum Gasteiger partial charge on any atom is -0.445 e. The number of hydrogen-bond donors (Lipinski definition) is 0. The summed E-state index contributed by atoms with van der Waals surface area (Å²) in [5, 5.41) is 0.979. The van der Waals surface area contributed by atoms with E-state index in [1.54, 1.807) is 23.1 Å². The summed E-state index contributed by atoms with van der Waals surface area (Å²) in [6, 6.07) is 21.1. The van der Waals surface area contributed by atoms with Crippen LogP contribution < -0.4 is 0 Å². The molecule has 0 radical (unpaired) electrons. The van der Waals surface area contributed by atoms with Gasteiger partial charge in [0, 0.05) is 37.1 Å². The van der Waals surface area contributed by atoms with Crippen LogP contribution in [0.5, 0.6) is 0 Å². The molecule has 10 heteroatoms. The number of aromatic nitrogens is 1. The highest BCUT2D eigenvalue weighted by Crippen LogP contribution is 2.39. The first-order valence-corrected chi connectivity index (χ1v) is 17.3. The Morgan fingerprint density at radius 3 is 2.19 bits per heavy atom. The van der Waals surface area contributed by atoms with Crippen LogP contribution in [0.2, 0.25) is 0 Å². The topological polar surface area (TPSA) is 64.0 Å². The molecule has 0 spiro atoms. The number of benzene rings is 3. The molecule has 7 nitrogen and oxygen atoms in total. The summed E-state index contributed by atoms with van der Waals surface area (Å²) in [5.74, 6) is -0.459. The van der Waals surface area contributed by atoms with Crippen LogP contribution in [0.1, 0.15) is 69.2 Å². The molecule has 0 bridgehead atoms. The molecule has 2 saturated heterocycles. The number of hydrogen-bond acceptors (Lipinski definition) is 4. The Morgan fingerprint density at radius 2 is 1.54 bits per heavy atom. The third-order valence-corrected chi connectivity index (χ3v) is 9.61. The summed E-state index contributed by atoms with van der Waals surface area (Å²) >= 11 is 3.86.